The van der Waals surface area contributed by atoms with E-state index in [9.17, 15) is 10.5 Å². The molecule has 0 unspecified atom stereocenters. The van der Waals surface area contributed by atoms with Crippen LogP contribution in [0.15, 0.2) is 106 Å². The molecule has 0 spiro atoms. The van der Waals surface area contributed by atoms with Gasteiger partial charge in [-0.2, -0.15) is 10.5 Å². The second-order valence-corrected chi connectivity index (χ2v) is 7.70. The summed E-state index contributed by atoms with van der Waals surface area (Å²) < 4.78 is 0. The number of nitriles is 2. The van der Waals surface area contributed by atoms with Crippen LogP contribution in [0.25, 0.3) is 16.8 Å². The molecule has 0 atom stereocenters. The average Bonchev–Trinajstić information content (AvgIpc) is 3.03. The van der Waals surface area contributed by atoms with E-state index < -0.39 is 0 Å². The smallest absolute Gasteiger partial charge is 0.175 e. The Labute approximate surface area is 186 Å². The molecule has 3 aromatic carbocycles. The van der Waals surface area contributed by atoms with Crippen molar-refractivity contribution in [2.45, 2.75) is 12.8 Å². The summed E-state index contributed by atoms with van der Waals surface area (Å²) >= 11 is 0. The quantitative estimate of drug-likeness (QED) is 0.562. The van der Waals surface area contributed by atoms with E-state index in [0.717, 1.165) is 23.3 Å². The third-order valence-electron chi connectivity index (χ3n) is 5.62. The van der Waals surface area contributed by atoms with Crippen LogP contribution in [-0.4, -0.2) is 5.71 Å². The van der Waals surface area contributed by atoms with Crippen molar-refractivity contribution < 1.29 is 0 Å². The van der Waals surface area contributed by atoms with Gasteiger partial charge < -0.3 is 5.32 Å². The summed E-state index contributed by atoms with van der Waals surface area (Å²) in [7, 11) is 0. The van der Waals surface area contributed by atoms with E-state index in [4.69, 9.17) is 0 Å². The number of aliphatic imine (C=N–C) groups is 1. The second kappa shape index (κ2) is 8.25. The lowest BCUT2D eigenvalue weighted by Crippen LogP contribution is -2.13. The molecule has 0 radical (unpaired) electrons. The maximum Gasteiger partial charge on any atom is 0.175 e. The first-order valence-corrected chi connectivity index (χ1v) is 10.4. The Hall–Kier alpha value is -4.63. The molecule has 1 aliphatic carbocycles. The van der Waals surface area contributed by atoms with E-state index >= 15 is 0 Å². The van der Waals surface area contributed by atoms with Gasteiger partial charge in [0.25, 0.3) is 0 Å². The highest BCUT2D eigenvalue weighted by Gasteiger charge is 2.17. The molecule has 150 valence electrons. The summed E-state index contributed by atoms with van der Waals surface area (Å²) in [5, 5.41) is 24.7. The van der Waals surface area contributed by atoms with Crippen molar-refractivity contribution in [3.05, 3.63) is 118 Å². The van der Waals surface area contributed by atoms with Crippen LogP contribution in [0.2, 0.25) is 0 Å². The van der Waals surface area contributed by atoms with Crippen molar-refractivity contribution in [1.82, 2.24) is 5.32 Å². The molecule has 2 aliphatic rings. The zero-order chi connectivity index (χ0) is 21.9. The van der Waals surface area contributed by atoms with E-state index in [0.29, 0.717) is 12.1 Å². The van der Waals surface area contributed by atoms with Crippen LogP contribution in [-0.2, 0) is 6.42 Å². The fraction of sp³-hybridized carbons (Fsp3) is 0.0714. The topological polar surface area (TPSA) is 72.0 Å². The van der Waals surface area contributed by atoms with Crippen molar-refractivity contribution in [3.63, 3.8) is 0 Å². The van der Waals surface area contributed by atoms with Gasteiger partial charge in [0, 0.05) is 6.42 Å². The Morgan fingerprint density at radius 1 is 0.875 bits per heavy atom. The lowest BCUT2D eigenvalue weighted by atomic mass is 9.89. The fourth-order valence-corrected chi connectivity index (χ4v) is 4.16. The van der Waals surface area contributed by atoms with Gasteiger partial charge in [-0.15, -0.1) is 0 Å². The number of hydrogen-bond acceptors (Lipinski definition) is 4. The standard InChI is InChI=1S/C28H18N4/c29-17-26-27(18-30)32-25(20-6-2-1-3-7-20)16-24(31-26)13-12-19-14-22-10-4-8-21-9-5-11-23(15-19)28(21)22/h1-12,14,31H,15-16H2. The minimum atomic E-state index is 0.0839. The zero-order valence-corrected chi connectivity index (χ0v) is 17.3. The number of allylic oxidation sites excluding steroid dienone is 4. The highest BCUT2D eigenvalue weighted by molar-refractivity contribution is 6.03. The molecular weight excluding hydrogens is 392 g/mol. The van der Waals surface area contributed by atoms with Crippen LogP contribution in [0, 0.1) is 22.7 Å². The Kier molecular flexibility index (Phi) is 4.98. The molecule has 1 aliphatic heterocycles. The Morgan fingerprint density at radius 3 is 2.47 bits per heavy atom. The van der Waals surface area contributed by atoms with E-state index in [-0.39, 0.29) is 11.4 Å². The third-order valence-corrected chi connectivity index (χ3v) is 5.62. The van der Waals surface area contributed by atoms with E-state index in [1.165, 1.54) is 21.9 Å². The highest BCUT2D eigenvalue weighted by Crippen LogP contribution is 2.31. The Morgan fingerprint density at radius 2 is 1.69 bits per heavy atom. The van der Waals surface area contributed by atoms with Crippen LogP contribution < -0.4 is 5.32 Å². The number of hydrogen-bond donors (Lipinski definition) is 1. The van der Waals surface area contributed by atoms with Crippen molar-refractivity contribution in [3.8, 4) is 12.1 Å². The largest absolute Gasteiger partial charge is 0.341 e. The molecule has 4 nitrogen and oxygen atoms in total. The lowest BCUT2D eigenvalue weighted by molar-refractivity contribution is 0.978. The SMILES string of the molecule is N#CC1=C(C#N)NC(=C=CC2=Cc3cccc4cccc(c34)C2)CC(c2ccccc2)=N1. The van der Waals surface area contributed by atoms with Gasteiger partial charge in [0.2, 0.25) is 0 Å². The summed E-state index contributed by atoms with van der Waals surface area (Å²) in [5.41, 5.74) is 9.54. The van der Waals surface area contributed by atoms with E-state index in [1.807, 2.05) is 42.5 Å². The molecule has 0 fully saturated rings. The maximum absolute atomic E-state index is 9.55. The van der Waals surface area contributed by atoms with Gasteiger partial charge in [-0.25, -0.2) is 4.99 Å². The van der Waals surface area contributed by atoms with Crippen molar-refractivity contribution in [1.29, 1.82) is 10.5 Å². The van der Waals surface area contributed by atoms with Gasteiger partial charge in [0.1, 0.15) is 12.1 Å². The fourth-order valence-electron chi connectivity index (χ4n) is 4.16. The van der Waals surface area contributed by atoms with Crippen LogP contribution in [0.1, 0.15) is 23.1 Å². The average molecular weight is 410 g/mol. The minimum absolute atomic E-state index is 0.0839. The molecular formula is C28H18N4. The molecule has 4 heteroatoms. The van der Waals surface area contributed by atoms with Gasteiger partial charge in [-0.05, 0) is 45.5 Å². The van der Waals surface area contributed by atoms with Crippen molar-refractivity contribution in [2.24, 2.45) is 4.99 Å². The van der Waals surface area contributed by atoms with Crippen molar-refractivity contribution >= 4 is 22.6 Å². The van der Waals surface area contributed by atoms with Crippen LogP contribution >= 0.6 is 0 Å². The Bertz CT molecular complexity index is 1480. The predicted octanol–water partition coefficient (Wildman–Crippen LogP) is 5.56. The monoisotopic (exact) mass is 410 g/mol. The number of rotatable bonds is 2. The number of nitrogens with zero attached hydrogens (tertiary/aromatic N) is 3. The first-order chi connectivity index (χ1) is 15.7. The van der Waals surface area contributed by atoms with Gasteiger partial charge in [0.15, 0.2) is 11.4 Å². The summed E-state index contributed by atoms with van der Waals surface area (Å²) in [6, 6.07) is 26.5. The molecule has 1 heterocycles. The molecule has 3 aromatic rings. The second-order valence-electron chi connectivity index (χ2n) is 7.70. The lowest BCUT2D eigenvalue weighted by Gasteiger charge is -2.15. The Balaban J connectivity index is 1.56. The number of nitrogens with one attached hydrogen (secondary N) is 1. The van der Waals surface area contributed by atoms with Gasteiger partial charge in [0.05, 0.1) is 11.4 Å². The normalized spacial score (nSPS) is 14.9. The zero-order valence-electron chi connectivity index (χ0n) is 17.3. The molecule has 0 amide bonds. The maximum atomic E-state index is 9.55. The first-order valence-electron chi connectivity index (χ1n) is 10.4. The minimum Gasteiger partial charge on any atom is -0.341 e. The third kappa shape index (κ3) is 3.64. The number of benzene rings is 3. The summed E-state index contributed by atoms with van der Waals surface area (Å²) in [6.45, 7) is 0. The van der Waals surface area contributed by atoms with Crippen LogP contribution in [0.5, 0.6) is 0 Å². The molecule has 32 heavy (non-hydrogen) atoms. The van der Waals surface area contributed by atoms with Gasteiger partial charge >= 0.3 is 0 Å². The molecule has 0 saturated heterocycles. The van der Waals surface area contributed by atoms with Gasteiger partial charge in [-0.3, -0.25) is 0 Å². The van der Waals surface area contributed by atoms with Crippen LogP contribution in [0.3, 0.4) is 0 Å². The summed E-state index contributed by atoms with van der Waals surface area (Å²) in [6.07, 6.45) is 5.41. The highest BCUT2D eigenvalue weighted by atomic mass is 15.0. The van der Waals surface area contributed by atoms with Crippen LogP contribution in [0.4, 0.5) is 0 Å². The molecule has 0 bridgehead atoms. The summed E-state index contributed by atoms with van der Waals surface area (Å²) in [4.78, 5) is 4.48. The predicted molar refractivity (Wildman–Crippen MR) is 126 cm³/mol. The van der Waals surface area contributed by atoms with Gasteiger partial charge in [-0.1, -0.05) is 78.5 Å². The van der Waals surface area contributed by atoms with E-state index in [2.05, 4.69) is 64.6 Å². The molecule has 0 saturated carbocycles. The molecule has 1 N–H and O–H groups in total. The summed E-state index contributed by atoms with van der Waals surface area (Å²) in [5.74, 6) is 0. The van der Waals surface area contributed by atoms with E-state index in [1.54, 1.807) is 0 Å². The molecule has 5 rings (SSSR count). The first kappa shape index (κ1) is 19.3. The molecule has 0 aromatic heterocycles. The van der Waals surface area contributed by atoms with Crippen molar-refractivity contribution in [2.75, 3.05) is 0 Å².